The molecular formula is C8H15N. The van der Waals surface area contributed by atoms with E-state index in [2.05, 4.69) is 26.8 Å². The average molecular weight is 125 g/mol. The van der Waals surface area contributed by atoms with Crippen molar-refractivity contribution in [3.63, 3.8) is 0 Å². The van der Waals surface area contributed by atoms with E-state index >= 15 is 0 Å². The third-order valence-electron chi connectivity index (χ3n) is 2.17. The van der Waals surface area contributed by atoms with Crippen LogP contribution in [-0.4, -0.2) is 6.04 Å². The van der Waals surface area contributed by atoms with Gasteiger partial charge in [0.15, 0.2) is 0 Å². The van der Waals surface area contributed by atoms with E-state index in [1.807, 2.05) is 0 Å². The van der Waals surface area contributed by atoms with Gasteiger partial charge in [0.05, 0.1) is 0 Å². The predicted molar refractivity (Wildman–Crippen MR) is 40.1 cm³/mol. The smallest absolute Gasteiger partial charge is 0.00736 e. The Morgan fingerprint density at radius 1 is 1.56 bits per heavy atom. The molecule has 0 radical (unpaired) electrons. The monoisotopic (exact) mass is 125 g/mol. The maximum absolute atomic E-state index is 5.70. The van der Waals surface area contributed by atoms with E-state index in [9.17, 15) is 0 Å². The molecule has 1 heteroatoms. The molecule has 0 aliphatic heterocycles. The van der Waals surface area contributed by atoms with Crippen LogP contribution in [0.4, 0.5) is 0 Å². The molecule has 0 saturated carbocycles. The SMILES string of the molecule is CC1C=C1C(C)C(C)N. The van der Waals surface area contributed by atoms with Gasteiger partial charge in [-0.15, -0.1) is 0 Å². The number of hydrogen-bond donors (Lipinski definition) is 1. The van der Waals surface area contributed by atoms with E-state index in [0.29, 0.717) is 12.0 Å². The Hall–Kier alpha value is -0.300. The van der Waals surface area contributed by atoms with Crippen molar-refractivity contribution < 1.29 is 0 Å². The van der Waals surface area contributed by atoms with Gasteiger partial charge in [-0.2, -0.15) is 0 Å². The van der Waals surface area contributed by atoms with Crippen molar-refractivity contribution in [1.29, 1.82) is 0 Å². The fraction of sp³-hybridized carbons (Fsp3) is 0.750. The van der Waals surface area contributed by atoms with Crippen molar-refractivity contribution in [2.45, 2.75) is 26.8 Å². The minimum absolute atomic E-state index is 0.321. The van der Waals surface area contributed by atoms with E-state index in [4.69, 9.17) is 5.73 Å². The third-order valence-corrected chi connectivity index (χ3v) is 2.17. The zero-order valence-electron chi connectivity index (χ0n) is 6.39. The molecule has 0 aromatic carbocycles. The standard InChI is InChI=1S/C8H15N/c1-5-4-8(5)6(2)7(3)9/h4-7H,9H2,1-3H3. The van der Waals surface area contributed by atoms with Crippen molar-refractivity contribution in [3.05, 3.63) is 11.6 Å². The van der Waals surface area contributed by atoms with E-state index in [1.165, 1.54) is 0 Å². The van der Waals surface area contributed by atoms with Gasteiger partial charge in [-0.1, -0.05) is 25.5 Å². The van der Waals surface area contributed by atoms with Gasteiger partial charge in [0.1, 0.15) is 0 Å². The molecule has 0 aromatic rings. The average Bonchev–Trinajstić information content (AvgIpc) is 2.44. The van der Waals surface area contributed by atoms with Crippen LogP contribution in [0, 0.1) is 11.8 Å². The molecule has 0 bridgehead atoms. The van der Waals surface area contributed by atoms with Gasteiger partial charge in [-0.3, -0.25) is 0 Å². The first kappa shape index (κ1) is 6.81. The van der Waals surface area contributed by atoms with Crippen molar-refractivity contribution in [2.24, 2.45) is 17.6 Å². The molecule has 3 unspecified atom stereocenters. The fourth-order valence-electron chi connectivity index (χ4n) is 1.11. The first-order valence-electron chi connectivity index (χ1n) is 3.60. The number of allylic oxidation sites excluding steroid dienone is 1. The van der Waals surface area contributed by atoms with Crippen molar-refractivity contribution in [1.82, 2.24) is 0 Å². The van der Waals surface area contributed by atoms with Crippen LogP contribution in [-0.2, 0) is 0 Å². The summed E-state index contributed by atoms with van der Waals surface area (Å²) in [4.78, 5) is 0. The Bertz CT molecular complexity index is 136. The van der Waals surface area contributed by atoms with Crippen LogP contribution in [0.3, 0.4) is 0 Å². The van der Waals surface area contributed by atoms with E-state index in [0.717, 1.165) is 5.92 Å². The Labute approximate surface area is 56.9 Å². The molecule has 0 amide bonds. The molecule has 0 aromatic heterocycles. The van der Waals surface area contributed by atoms with E-state index in [1.54, 1.807) is 5.57 Å². The summed E-state index contributed by atoms with van der Waals surface area (Å²) in [7, 11) is 0. The molecule has 0 saturated heterocycles. The molecule has 52 valence electrons. The van der Waals surface area contributed by atoms with E-state index < -0.39 is 0 Å². The summed E-state index contributed by atoms with van der Waals surface area (Å²) in [5, 5.41) is 0. The van der Waals surface area contributed by atoms with Crippen LogP contribution in [0.15, 0.2) is 11.6 Å². The predicted octanol–water partition coefficient (Wildman–Crippen LogP) is 1.55. The van der Waals surface area contributed by atoms with Gasteiger partial charge in [-0.05, 0) is 18.8 Å². The zero-order valence-corrected chi connectivity index (χ0v) is 6.39. The number of nitrogens with two attached hydrogens (primary N) is 1. The van der Waals surface area contributed by atoms with Crippen molar-refractivity contribution in [2.75, 3.05) is 0 Å². The molecule has 9 heavy (non-hydrogen) atoms. The Balaban J connectivity index is 2.36. The fourth-order valence-corrected chi connectivity index (χ4v) is 1.11. The highest BCUT2D eigenvalue weighted by Crippen LogP contribution is 2.35. The summed E-state index contributed by atoms with van der Waals surface area (Å²) >= 11 is 0. The molecule has 1 nitrogen and oxygen atoms in total. The van der Waals surface area contributed by atoms with Crippen LogP contribution in [0.5, 0.6) is 0 Å². The summed E-state index contributed by atoms with van der Waals surface area (Å²) in [5.41, 5.74) is 7.24. The molecular weight excluding hydrogens is 110 g/mol. The number of rotatable bonds is 2. The summed E-state index contributed by atoms with van der Waals surface area (Å²) in [6.45, 7) is 6.48. The second kappa shape index (κ2) is 2.14. The molecule has 3 atom stereocenters. The van der Waals surface area contributed by atoms with Crippen LogP contribution in [0.2, 0.25) is 0 Å². The molecule has 1 rings (SSSR count). The van der Waals surface area contributed by atoms with Crippen LogP contribution < -0.4 is 5.73 Å². The van der Waals surface area contributed by atoms with Gasteiger partial charge in [0.25, 0.3) is 0 Å². The first-order chi connectivity index (χ1) is 4.13. The second-order valence-corrected chi connectivity index (χ2v) is 3.10. The lowest BCUT2D eigenvalue weighted by Crippen LogP contribution is -2.23. The largest absolute Gasteiger partial charge is 0.327 e. The Kier molecular flexibility index (Phi) is 1.62. The molecule has 1 aliphatic rings. The molecule has 2 N–H and O–H groups in total. The second-order valence-electron chi connectivity index (χ2n) is 3.10. The minimum atomic E-state index is 0.321. The topological polar surface area (TPSA) is 26.0 Å². The molecule has 0 heterocycles. The van der Waals surface area contributed by atoms with Gasteiger partial charge in [-0.25, -0.2) is 0 Å². The summed E-state index contributed by atoms with van der Waals surface area (Å²) < 4.78 is 0. The summed E-state index contributed by atoms with van der Waals surface area (Å²) in [5.74, 6) is 1.34. The van der Waals surface area contributed by atoms with Crippen molar-refractivity contribution >= 4 is 0 Å². The van der Waals surface area contributed by atoms with Gasteiger partial charge in [0, 0.05) is 6.04 Å². The summed E-state index contributed by atoms with van der Waals surface area (Å²) in [6, 6.07) is 0.321. The first-order valence-corrected chi connectivity index (χ1v) is 3.60. The lowest BCUT2D eigenvalue weighted by atomic mass is 9.99. The number of hydrogen-bond acceptors (Lipinski definition) is 1. The Morgan fingerprint density at radius 3 is 2.11 bits per heavy atom. The van der Waals surface area contributed by atoms with Gasteiger partial charge in [0.2, 0.25) is 0 Å². The highest BCUT2D eigenvalue weighted by Gasteiger charge is 2.26. The van der Waals surface area contributed by atoms with Crippen LogP contribution in [0.25, 0.3) is 0 Å². The van der Waals surface area contributed by atoms with Gasteiger partial charge >= 0.3 is 0 Å². The lowest BCUT2D eigenvalue weighted by Gasteiger charge is -2.12. The molecule has 0 fully saturated rings. The molecule has 0 spiro atoms. The molecule has 1 aliphatic carbocycles. The quantitative estimate of drug-likeness (QED) is 0.557. The maximum atomic E-state index is 5.70. The Morgan fingerprint density at radius 2 is 2.00 bits per heavy atom. The third kappa shape index (κ3) is 1.33. The van der Waals surface area contributed by atoms with Crippen LogP contribution in [0.1, 0.15) is 20.8 Å². The lowest BCUT2D eigenvalue weighted by molar-refractivity contribution is 0.552. The zero-order chi connectivity index (χ0) is 7.02. The van der Waals surface area contributed by atoms with Crippen LogP contribution >= 0.6 is 0 Å². The highest BCUT2D eigenvalue weighted by molar-refractivity contribution is 5.30. The minimum Gasteiger partial charge on any atom is -0.327 e. The maximum Gasteiger partial charge on any atom is 0.00736 e. The van der Waals surface area contributed by atoms with E-state index in [-0.39, 0.29) is 0 Å². The van der Waals surface area contributed by atoms with Gasteiger partial charge < -0.3 is 5.73 Å². The normalized spacial score (nSPS) is 31.1. The summed E-state index contributed by atoms with van der Waals surface area (Å²) in [6.07, 6.45) is 2.29. The van der Waals surface area contributed by atoms with Crippen molar-refractivity contribution in [3.8, 4) is 0 Å². The highest BCUT2D eigenvalue weighted by atomic mass is 14.6.